The Bertz CT molecular complexity index is 468. The Balaban J connectivity index is 1.66. The van der Waals surface area contributed by atoms with Gasteiger partial charge in [0, 0.05) is 5.92 Å². The normalized spacial score (nSPS) is 41.2. The monoisotopic (exact) mass is 248 g/mol. The first-order chi connectivity index (χ1) is 8.70. The van der Waals surface area contributed by atoms with Gasteiger partial charge in [0.15, 0.2) is 0 Å². The van der Waals surface area contributed by atoms with E-state index < -0.39 is 5.97 Å². The van der Waals surface area contributed by atoms with Crippen LogP contribution in [0, 0.1) is 23.7 Å². The summed E-state index contributed by atoms with van der Waals surface area (Å²) in [7, 11) is 0. The molecule has 18 heavy (non-hydrogen) atoms. The van der Waals surface area contributed by atoms with E-state index in [2.05, 4.69) is 10.1 Å². The van der Waals surface area contributed by atoms with Crippen molar-refractivity contribution in [1.29, 1.82) is 0 Å². The van der Waals surface area contributed by atoms with E-state index in [9.17, 15) is 4.79 Å². The average Bonchev–Trinajstić information content (AvgIpc) is 2.77. The molecule has 0 unspecified atom stereocenters. The number of carboxylic acid groups (broad SMARTS) is 1. The first-order valence-corrected chi connectivity index (χ1v) is 6.77. The second-order valence-corrected chi connectivity index (χ2v) is 6.22. The zero-order valence-electron chi connectivity index (χ0n) is 10.1. The minimum atomic E-state index is -1.10. The molecule has 0 radical (unpaired) electrons. The Morgan fingerprint density at radius 3 is 2.22 bits per heavy atom. The van der Waals surface area contributed by atoms with Gasteiger partial charge in [-0.3, -0.25) is 0 Å². The number of carbonyl (C=O) groups is 1. The summed E-state index contributed by atoms with van der Waals surface area (Å²) >= 11 is 0. The quantitative estimate of drug-likeness (QED) is 0.869. The second kappa shape index (κ2) is 3.56. The van der Waals surface area contributed by atoms with E-state index in [0.29, 0.717) is 23.6 Å². The molecule has 4 saturated carbocycles. The molecule has 96 valence electrons. The van der Waals surface area contributed by atoms with Crippen molar-refractivity contribution in [2.45, 2.75) is 38.0 Å². The smallest absolute Gasteiger partial charge is 0.377 e. The van der Waals surface area contributed by atoms with Gasteiger partial charge >= 0.3 is 5.97 Å². The van der Waals surface area contributed by atoms with E-state index in [-0.39, 0.29) is 5.82 Å². The van der Waals surface area contributed by atoms with Crippen LogP contribution in [-0.4, -0.2) is 21.2 Å². The van der Waals surface area contributed by atoms with Crippen LogP contribution in [0.15, 0.2) is 4.52 Å². The van der Waals surface area contributed by atoms with Crippen molar-refractivity contribution in [2.24, 2.45) is 23.7 Å². The number of rotatable bonds is 2. The van der Waals surface area contributed by atoms with Crippen LogP contribution >= 0.6 is 0 Å². The Hall–Kier alpha value is -1.39. The SMILES string of the molecule is O=C(O)c1noc(C2C3CC4CC(C3)CC2C4)n1. The van der Waals surface area contributed by atoms with Crippen molar-refractivity contribution in [3.63, 3.8) is 0 Å². The first kappa shape index (κ1) is 10.5. The molecule has 0 saturated heterocycles. The standard InChI is InChI=1S/C13H16N2O3/c16-13(17)11-14-12(18-15-11)10-8-2-6-1-7(4-8)5-9(10)3-6/h6-10H,1-5H2,(H,16,17). The van der Waals surface area contributed by atoms with Gasteiger partial charge in [0.25, 0.3) is 5.82 Å². The third-order valence-corrected chi connectivity index (χ3v) is 5.14. The lowest BCUT2D eigenvalue weighted by Crippen LogP contribution is -2.43. The van der Waals surface area contributed by atoms with Crippen LogP contribution < -0.4 is 0 Å². The summed E-state index contributed by atoms with van der Waals surface area (Å²) in [4.78, 5) is 14.9. The number of aromatic carboxylic acids is 1. The molecule has 0 aliphatic heterocycles. The molecule has 1 heterocycles. The number of aromatic nitrogens is 2. The summed E-state index contributed by atoms with van der Waals surface area (Å²) in [6.07, 6.45) is 6.47. The van der Waals surface area contributed by atoms with E-state index in [0.717, 1.165) is 11.8 Å². The van der Waals surface area contributed by atoms with Crippen LogP contribution in [-0.2, 0) is 0 Å². The predicted octanol–water partition coefficient (Wildman–Crippen LogP) is 2.31. The molecule has 4 bridgehead atoms. The van der Waals surface area contributed by atoms with Crippen molar-refractivity contribution in [3.8, 4) is 0 Å². The molecule has 4 fully saturated rings. The van der Waals surface area contributed by atoms with Gasteiger partial charge in [-0.1, -0.05) is 0 Å². The van der Waals surface area contributed by atoms with Gasteiger partial charge in [0.2, 0.25) is 5.89 Å². The van der Waals surface area contributed by atoms with Crippen molar-refractivity contribution in [3.05, 3.63) is 11.7 Å². The molecule has 5 rings (SSSR count). The molecular formula is C13H16N2O3. The number of hydrogen-bond donors (Lipinski definition) is 1. The van der Waals surface area contributed by atoms with E-state index in [1.54, 1.807) is 0 Å². The third kappa shape index (κ3) is 1.42. The molecule has 5 heteroatoms. The van der Waals surface area contributed by atoms with Gasteiger partial charge in [-0.2, -0.15) is 4.98 Å². The van der Waals surface area contributed by atoms with Crippen molar-refractivity contribution in [1.82, 2.24) is 10.1 Å². The van der Waals surface area contributed by atoms with E-state index in [1.165, 1.54) is 32.1 Å². The molecule has 4 aliphatic carbocycles. The fraction of sp³-hybridized carbons (Fsp3) is 0.769. The van der Waals surface area contributed by atoms with Gasteiger partial charge < -0.3 is 9.63 Å². The van der Waals surface area contributed by atoms with Gasteiger partial charge in [-0.15, -0.1) is 0 Å². The van der Waals surface area contributed by atoms with Gasteiger partial charge in [0.1, 0.15) is 0 Å². The predicted molar refractivity (Wildman–Crippen MR) is 61.0 cm³/mol. The molecule has 0 amide bonds. The van der Waals surface area contributed by atoms with Crippen LogP contribution in [0.4, 0.5) is 0 Å². The van der Waals surface area contributed by atoms with E-state index >= 15 is 0 Å². The minimum absolute atomic E-state index is 0.196. The highest BCUT2D eigenvalue weighted by Gasteiger charge is 2.50. The zero-order chi connectivity index (χ0) is 12.3. The molecular weight excluding hydrogens is 232 g/mol. The lowest BCUT2D eigenvalue weighted by molar-refractivity contribution is -0.0131. The molecule has 4 aliphatic rings. The van der Waals surface area contributed by atoms with Crippen LogP contribution in [0.25, 0.3) is 0 Å². The second-order valence-electron chi connectivity index (χ2n) is 6.22. The lowest BCUT2D eigenvalue weighted by atomic mass is 9.52. The Morgan fingerprint density at radius 2 is 1.72 bits per heavy atom. The van der Waals surface area contributed by atoms with Crippen molar-refractivity contribution in [2.75, 3.05) is 0 Å². The highest BCUT2D eigenvalue weighted by atomic mass is 16.5. The molecule has 0 aromatic carbocycles. The minimum Gasteiger partial charge on any atom is -0.475 e. The molecule has 1 aromatic heterocycles. The fourth-order valence-corrected chi connectivity index (χ4v) is 4.79. The topological polar surface area (TPSA) is 76.2 Å². The lowest BCUT2D eigenvalue weighted by Gasteiger charge is -2.53. The highest BCUT2D eigenvalue weighted by Crippen LogP contribution is 2.59. The van der Waals surface area contributed by atoms with Gasteiger partial charge in [-0.25, -0.2) is 4.79 Å². The summed E-state index contributed by atoms with van der Waals surface area (Å²) in [5, 5.41) is 12.4. The zero-order valence-corrected chi connectivity index (χ0v) is 10.1. The van der Waals surface area contributed by atoms with E-state index in [4.69, 9.17) is 9.63 Å². The number of nitrogens with zero attached hydrogens (tertiary/aromatic N) is 2. The first-order valence-electron chi connectivity index (χ1n) is 6.77. The summed E-state index contributed by atoms with van der Waals surface area (Å²) in [6, 6.07) is 0. The number of hydrogen-bond acceptors (Lipinski definition) is 4. The third-order valence-electron chi connectivity index (χ3n) is 5.14. The summed E-state index contributed by atoms with van der Waals surface area (Å²) in [5.41, 5.74) is 0. The molecule has 1 aromatic rings. The maximum absolute atomic E-state index is 10.8. The van der Waals surface area contributed by atoms with Crippen LogP contribution in [0.1, 0.15) is 54.5 Å². The highest BCUT2D eigenvalue weighted by molar-refractivity contribution is 5.82. The maximum Gasteiger partial charge on any atom is 0.377 e. The summed E-state index contributed by atoms with van der Waals surface area (Å²) in [6.45, 7) is 0. The molecule has 0 atom stereocenters. The summed E-state index contributed by atoms with van der Waals surface area (Å²) in [5.74, 6) is 2.66. The van der Waals surface area contributed by atoms with Crippen molar-refractivity contribution < 1.29 is 14.4 Å². The molecule has 1 N–H and O–H groups in total. The molecule has 0 spiro atoms. The Morgan fingerprint density at radius 1 is 1.11 bits per heavy atom. The average molecular weight is 248 g/mol. The van der Waals surface area contributed by atoms with E-state index in [1.807, 2.05) is 0 Å². The Labute approximate surface area is 105 Å². The fourth-order valence-electron chi connectivity index (χ4n) is 4.79. The van der Waals surface area contributed by atoms with Crippen molar-refractivity contribution >= 4 is 5.97 Å². The van der Waals surface area contributed by atoms with Gasteiger partial charge in [-0.05, 0) is 60.9 Å². The van der Waals surface area contributed by atoms with Crippen LogP contribution in [0.2, 0.25) is 0 Å². The number of carboxylic acids is 1. The summed E-state index contributed by atoms with van der Waals surface area (Å²) < 4.78 is 5.21. The molecule has 5 nitrogen and oxygen atoms in total. The largest absolute Gasteiger partial charge is 0.475 e. The van der Waals surface area contributed by atoms with Crippen LogP contribution in [0.5, 0.6) is 0 Å². The Kier molecular flexibility index (Phi) is 2.08. The van der Waals surface area contributed by atoms with Gasteiger partial charge in [0.05, 0.1) is 0 Å². The maximum atomic E-state index is 10.8. The van der Waals surface area contributed by atoms with Crippen LogP contribution in [0.3, 0.4) is 0 Å².